The van der Waals surface area contributed by atoms with E-state index in [1.54, 1.807) is 6.20 Å². The van der Waals surface area contributed by atoms with Gasteiger partial charge in [-0.3, -0.25) is 9.78 Å². The summed E-state index contributed by atoms with van der Waals surface area (Å²) in [6.45, 7) is 1.52. The Labute approximate surface area is 120 Å². The first-order chi connectivity index (χ1) is 9.81. The minimum Gasteiger partial charge on any atom is -0.335 e. The molecule has 1 aliphatic heterocycles. The van der Waals surface area contributed by atoms with Gasteiger partial charge in [-0.25, -0.2) is 0 Å². The van der Waals surface area contributed by atoms with Gasteiger partial charge in [-0.1, -0.05) is 12.5 Å². The van der Waals surface area contributed by atoms with Crippen LogP contribution in [0, 0.1) is 11.8 Å². The molecule has 1 aromatic heterocycles. The van der Waals surface area contributed by atoms with Gasteiger partial charge in [0, 0.05) is 24.9 Å². The first-order valence-electron chi connectivity index (χ1n) is 7.71. The maximum absolute atomic E-state index is 12.9. The number of nitrogens with two attached hydrogens (primary N) is 1. The molecule has 2 fully saturated rings. The molecule has 108 valence electrons. The van der Waals surface area contributed by atoms with E-state index in [1.807, 2.05) is 12.3 Å². The normalized spacial score (nSPS) is 29.9. The van der Waals surface area contributed by atoms with Crippen LogP contribution in [0.3, 0.4) is 0 Å². The Bertz CT molecular complexity index is 462. The van der Waals surface area contributed by atoms with E-state index in [0.29, 0.717) is 18.4 Å². The van der Waals surface area contributed by atoms with Crippen molar-refractivity contribution in [2.24, 2.45) is 17.6 Å². The van der Waals surface area contributed by atoms with Gasteiger partial charge < -0.3 is 10.6 Å². The second-order valence-corrected chi connectivity index (χ2v) is 6.01. The van der Waals surface area contributed by atoms with Crippen LogP contribution >= 0.6 is 0 Å². The number of carbonyl (C=O) groups is 1. The average molecular weight is 273 g/mol. The zero-order valence-corrected chi connectivity index (χ0v) is 11.9. The summed E-state index contributed by atoms with van der Waals surface area (Å²) < 4.78 is 0. The van der Waals surface area contributed by atoms with Crippen molar-refractivity contribution in [1.29, 1.82) is 0 Å². The Morgan fingerprint density at radius 1 is 1.35 bits per heavy atom. The largest absolute Gasteiger partial charge is 0.335 e. The lowest BCUT2D eigenvalue weighted by atomic mass is 9.94. The zero-order chi connectivity index (χ0) is 13.9. The van der Waals surface area contributed by atoms with Crippen molar-refractivity contribution < 1.29 is 4.79 Å². The first kappa shape index (κ1) is 13.6. The van der Waals surface area contributed by atoms with Crippen LogP contribution in [0.2, 0.25) is 0 Å². The van der Waals surface area contributed by atoms with Gasteiger partial charge in [-0.15, -0.1) is 0 Å². The minimum atomic E-state index is 0.150. The number of likely N-dealkylation sites (tertiary alicyclic amines) is 1. The van der Waals surface area contributed by atoms with Gasteiger partial charge >= 0.3 is 0 Å². The molecule has 0 aromatic carbocycles. The topological polar surface area (TPSA) is 59.2 Å². The fraction of sp³-hybridized carbons (Fsp3) is 0.625. The average Bonchev–Trinajstić information content (AvgIpc) is 3.16. The predicted molar refractivity (Wildman–Crippen MR) is 77.8 cm³/mol. The second kappa shape index (κ2) is 5.92. The van der Waals surface area contributed by atoms with Crippen molar-refractivity contribution in [3.63, 3.8) is 0 Å². The number of nitrogens with zero attached hydrogens (tertiary/aromatic N) is 2. The summed E-state index contributed by atoms with van der Waals surface area (Å²) >= 11 is 0. The first-order valence-corrected chi connectivity index (χ1v) is 7.71. The summed E-state index contributed by atoms with van der Waals surface area (Å²) in [6.07, 6.45) is 9.08. The van der Waals surface area contributed by atoms with Crippen LogP contribution in [0.5, 0.6) is 0 Å². The molecule has 3 atom stereocenters. The molecule has 1 saturated carbocycles. The Hall–Kier alpha value is -1.42. The van der Waals surface area contributed by atoms with E-state index < -0.39 is 0 Å². The predicted octanol–water partition coefficient (Wildman–Crippen LogP) is 2.12. The third-order valence-electron chi connectivity index (χ3n) is 4.88. The molecule has 0 spiro atoms. The molecule has 20 heavy (non-hydrogen) atoms. The number of carbonyl (C=O) groups excluding carboxylic acids is 1. The van der Waals surface area contributed by atoms with Crippen molar-refractivity contribution in [3.8, 4) is 0 Å². The molecule has 2 N–H and O–H groups in total. The fourth-order valence-electron chi connectivity index (χ4n) is 3.81. The number of amides is 1. The van der Waals surface area contributed by atoms with Gasteiger partial charge in [-0.2, -0.15) is 0 Å². The lowest BCUT2D eigenvalue weighted by Crippen LogP contribution is -2.38. The molecular weight excluding hydrogens is 250 g/mol. The maximum Gasteiger partial charge on any atom is 0.226 e. The highest BCUT2D eigenvalue weighted by atomic mass is 16.2. The Kier molecular flexibility index (Phi) is 4.01. The molecule has 0 bridgehead atoms. The van der Waals surface area contributed by atoms with Crippen LogP contribution in [0.1, 0.15) is 43.7 Å². The summed E-state index contributed by atoms with van der Waals surface area (Å²) in [5.41, 5.74) is 6.99. The van der Waals surface area contributed by atoms with E-state index in [2.05, 4.69) is 16.0 Å². The molecule has 1 aliphatic carbocycles. The van der Waals surface area contributed by atoms with Crippen molar-refractivity contribution >= 4 is 5.91 Å². The monoisotopic (exact) mass is 273 g/mol. The van der Waals surface area contributed by atoms with Crippen LogP contribution in [-0.2, 0) is 4.79 Å². The SMILES string of the molecule is NCC1CCCC1C(=O)N1CCCC1c1cccnc1. The minimum absolute atomic E-state index is 0.150. The number of hydrogen-bond donors (Lipinski definition) is 1. The summed E-state index contributed by atoms with van der Waals surface area (Å²) in [4.78, 5) is 19.1. The summed E-state index contributed by atoms with van der Waals surface area (Å²) in [7, 11) is 0. The molecule has 0 radical (unpaired) electrons. The number of hydrogen-bond acceptors (Lipinski definition) is 3. The van der Waals surface area contributed by atoms with E-state index in [1.165, 1.54) is 5.56 Å². The highest BCUT2D eigenvalue weighted by Gasteiger charge is 2.39. The third-order valence-corrected chi connectivity index (χ3v) is 4.88. The van der Waals surface area contributed by atoms with Crippen LogP contribution in [-0.4, -0.2) is 28.9 Å². The van der Waals surface area contributed by atoms with Gasteiger partial charge in [0.25, 0.3) is 0 Å². The van der Waals surface area contributed by atoms with Crippen LogP contribution in [0.25, 0.3) is 0 Å². The van der Waals surface area contributed by atoms with Gasteiger partial charge in [-0.05, 0) is 49.8 Å². The van der Waals surface area contributed by atoms with Gasteiger partial charge in [0.15, 0.2) is 0 Å². The van der Waals surface area contributed by atoms with E-state index >= 15 is 0 Å². The number of aromatic nitrogens is 1. The van der Waals surface area contributed by atoms with Crippen molar-refractivity contribution in [2.75, 3.05) is 13.1 Å². The second-order valence-electron chi connectivity index (χ2n) is 6.01. The Morgan fingerprint density at radius 2 is 2.25 bits per heavy atom. The highest BCUT2D eigenvalue weighted by molar-refractivity contribution is 5.80. The van der Waals surface area contributed by atoms with Crippen LogP contribution < -0.4 is 5.73 Å². The van der Waals surface area contributed by atoms with Crippen LogP contribution in [0.4, 0.5) is 0 Å². The van der Waals surface area contributed by atoms with E-state index in [9.17, 15) is 4.79 Å². The fourth-order valence-corrected chi connectivity index (χ4v) is 3.81. The Morgan fingerprint density at radius 3 is 3.00 bits per heavy atom. The van der Waals surface area contributed by atoms with Crippen molar-refractivity contribution in [3.05, 3.63) is 30.1 Å². The molecule has 2 heterocycles. The molecule has 2 aliphatic rings. The lowest BCUT2D eigenvalue weighted by molar-refractivity contribution is -0.137. The zero-order valence-electron chi connectivity index (χ0n) is 11.9. The highest BCUT2D eigenvalue weighted by Crippen LogP contribution is 2.38. The molecule has 1 saturated heterocycles. The van der Waals surface area contributed by atoms with Gasteiger partial charge in [0.1, 0.15) is 0 Å². The Balaban J connectivity index is 1.77. The smallest absolute Gasteiger partial charge is 0.226 e. The van der Waals surface area contributed by atoms with E-state index in [-0.39, 0.29) is 12.0 Å². The quantitative estimate of drug-likeness (QED) is 0.917. The van der Waals surface area contributed by atoms with Gasteiger partial charge in [0.2, 0.25) is 5.91 Å². The lowest BCUT2D eigenvalue weighted by Gasteiger charge is -2.29. The molecule has 1 aromatic rings. The molecule has 3 unspecified atom stereocenters. The molecular formula is C16H23N3O. The van der Waals surface area contributed by atoms with Crippen LogP contribution in [0.15, 0.2) is 24.5 Å². The maximum atomic E-state index is 12.9. The molecule has 1 amide bonds. The van der Waals surface area contributed by atoms with Crippen molar-refractivity contribution in [2.45, 2.75) is 38.1 Å². The number of rotatable bonds is 3. The van der Waals surface area contributed by atoms with Crippen molar-refractivity contribution in [1.82, 2.24) is 9.88 Å². The summed E-state index contributed by atoms with van der Waals surface area (Å²) in [5.74, 6) is 0.860. The van der Waals surface area contributed by atoms with E-state index in [4.69, 9.17) is 5.73 Å². The standard InChI is InChI=1S/C16H23N3O/c17-10-12-4-1-6-14(12)16(20)19-9-3-7-15(19)13-5-2-8-18-11-13/h2,5,8,11-12,14-15H,1,3-4,6-7,9-10,17H2. The summed E-state index contributed by atoms with van der Waals surface area (Å²) in [5, 5.41) is 0. The number of pyridine rings is 1. The third kappa shape index (κ3) is 2.44. The van der Waals surface area contributed by atoms with Gasteiger partial charge in [0.05, 0.1) is 6.04 Å². The summed E-state index contributed by atoms with van der Waals surface area (Å²) in [6, 6.07) is 4.25. The van der Waals surface area contributed by atoms with E-state index in [0.717, 1.165) is 38.6 Å². The molecule has 4 heteroatoms. The molecule has 4 nitrogen and oxygen atoms in total. The molecule has 3 rings (SSSR count).